The van der Waals surface area contributed by atoms with Gasteiger partial charge in [0, 0.05) is 23.1 Å². The summed E-state index contributed by atoms with van der Waals surface area (Å²) >= 11 is 6.02. The van der Waals surface area contributed by atoms with E-state index in [-0.39, 0.29) is 30.5 Å². The number of carbonyl (C=O) groups is 1. The van der Waals surface area contributed by atoms with Gasteiger partial charge in [0.15, 0.2) is 0 Å². The van der Waals surface area contributed by atoms with E-state index in [0.29, 0.717) is 10.7 Å². The number of aromatic nitrogens is 2. The average molecular weight is 382 g/mol. The van der Waals surface area contributed by atoms with E-state index in [2.05, 4.69) is 10.4 Å². The smallest absolute Gasteiger partial charge is 0.266 e. The first-order chi connectivity index (χ1) is 13.0. The van der Waals surface area contributed by atoms with Crippen molar-refractivity contribution in [3.63, 3.8) is 0 Å². The fourth-order valence-corrected chi connectivity index (χ4v) is 2.95. The largest absolute Gasteiger partial charge is 0.350 e. The number of benzene rings is 2. The third-order valence-electron chi connectivity index (χ3n) is 4.21. The summed E-state index contributed by atoms with van der Waals surface area (Å²) in [7, 11) is 0. The molecule has 6 heteroatoms. The standard InChI is InChI=1S/C21H20ClN3O2/c1-15(16-6-3-2-4-7-16)23-20(26)12-13-25-21(27)11-10-19(24-25)17-8-5-9-18(22)14-17/h2-11,14-15H,12-13H2,1H3,(H,23,26)/t15-/m0/s1. The zero-order chi connectivity index (χ0) is 19.2. The highest BCUT2D eigenvalue weighted by molar-refractivity contribution is 6.30. The Morgan fingerprint density at radius 2 is 1.89 bits per heavy atom. The molecular weight excluding hydrogens is 362 g/mol. The molecule has 0 radical (unpaired) electrons. The summed E-state index contributed by atoms with van der Waals surface area (Å²) in [6.07, 6.45) is 0.170. The summed E-state index contributed by atoms with van der Waals surface area (Å²) in [5.41, 5.74) is 2.24. The molecule has 0 spiro atoms. The van der Waals surface area contributed by atoms with Gasteiger partial charge < -0.3 is 5.32 Å². The Labute approximate surface area is 162 Å². The van der Waals surface area contributed by atoms with Crippen LogP contribution in [0.2, 0.25) is 5.02 Å². The normalized spacial score (nSPS) is 11.8. The summed E-state index contributed by atoms with van der Waals surface area (Å²) in [5.74, 6) is -0.131. The molecule has 1 heterocycles. The van der Waals surface area contributed by atoms with E-state index in [1.54, 1.807) is 18.2 Å². The fourth-order valence-electron chi connectivity index (χ4n) is 2.76. The van der Waals surface area contributed by atoms with Crippen molar-refractivity contribution >= 4 is 17.5 Å². The van der Waals surface area contributed by atoms with Crippen LogP contribution in [-0.4, -0.2) is 15.7 Å². The molecule has 0 bridgehead atoms. The number of amides is 1. The van der Waals surface area contributed by atoms with Gasteiger partial charge in [-0.2, -0.15) is 5.10 Å². The maximum absolute atomic E-state index is 12.2. The Morgan fingerprint density at radius 3 is 2.63 bits per heavy atom. The van der Waals surface area contributed by atoms with Crippen LogP contribution in [0.1, 0.15) is 24.9 Å². The zero-order valence-electron chi connectivity index (χ0n) is 14.9. The highest BCUT2D eigenvalue weighted by Crippen LogP contribution is 2.19. The lowest BCUT2D eigenvalue weighted by atomic mass is 10.1. The molecule has 1 aromatic heterocycles. The van der Waals surface area contributed by atoms with Crippen LogP contribution < -0.4 is 10.9 Å². The Kier molecular flexibility index (Phi) is 6.04. The topological polar surface area (TPSA) is 64.0 Å². The molecule has 0 saturated heterocycles. The molecule has 0 aliphatic carbocycles. The number of nitrogens with zero attached hydrogens (tertiary/aromatic N) is 2. The molecule has 0 saturated carbocycles. The van der Waals surface area contributed by atoms with E-state index in [1.165, 1.54) is 10.7 Å². The summed E-state index contributed by atoms with van der Waals surface area (Å²) in [6.45, 7) is 2.14. The predicted molar refractivity (Wildman–Crippen MR) is 107 cm³/mol. The lowest BCUT2D eigenvalue weighted by Crippen LogP contribution is -2.30. The number of carbonyl (C=O) groups excluding carboxylic acids is 1. The molecule has 3 aromatic rings. The van der Waals surface area contributed by atoms with Crippen molar-refractivity contribution < 1.29 is 4.79 Å². The molecule has 0 fully saturated rings. The van der Waals surface area contributed by atoms with Crippen molar-refractivity contribution in [3.8, 4) is 11.3 Å². The minimum absolute atomic E-state index is 0.0961. The Bertz CT molecular complexity index is 986. The van der Waals surface area contributed by atoms with Crippen LogP contribution in [0.3, 0.4) is 0 Å². The Morgan fingerprint density at radius 1 is 1.11 bits per heavy atom. The first-order valence-electron chi connectivity index (χ1n) is 8.71. The Balaban J connectivity index is 1.66. The molecule has 27 heavy (non-hydrogen) atoms. The first kappa shape index (κ1) is 18.9. The average Bonchev–Trinajstić information content (AvgIpc) is 2.68. The summed E-state index contributed by atoms with van der Waals surface area (Å²) in [5, 5.41) is 7.90. The van der Waals surface area contributed by atoms with Gasteiger partial charge in [0.1, 0.15) is 0 Å². The van der Waals surface area contributed by atoms with Crippen LogP contribution in [-0.2, 0) is 11.3 Å². The number of hydrogen-bond acceptors (Lipinski definition) is 3. The molecule has 138 valence electrons. The molecule has 0 aliphatic rings. The van der Waals surface area contributed by atoms with Crippen molar-refractivity contribution in [1.82, 2.24) is 15.1 Å². The van der Waals surface area contributed by atoms with E-state index in [9.17, 15) is 9.59 Å². The van der Waals surface area contributed by atoms with Crippen molar-refractivity contribution in [2.24, 2.45) is 0 Å². The van der Waals surface area contributed by atoms with Gasteiger partial charge in [-0.25, -0.2) is 4.68 Å². The van der Waals surface area contributed by atoms with E-state index in [1.807, 2.05) is 49.4 Å². The summed E-state index contributed by atoms with van der Waals surface area (Å²) in [4.78, 5) is 24.3. The second-order valence-electron chi connectivity index (χ2n) is 6.24. The van der Waals surface area contributed by atoms with E-state index in [0.717, 1.165) is 11.1 Å². The van der Waals surface area contributed by atoms with Crippen LogP contribution in [0.25, 0.3) is 11.3 Å². The SMILES string of the molecule is C[C@H](NC(=O)CCn1nc(-c2cccc(Cl)c2)ccc1=O)c1ccccc1. The van der Waals surface area contributed by atoms with Gasteiger partial charge in [0.2, 0.25) is 5.91 Å². The van der Waals surface area contributed by atoms with Gasteiger partial charge in [-0.3, -0.25) is 9.59 Å². The van der Waals surface area contributed by atoms with Crippen LogP contribution >= 0.6 is 11.6 Å². The fraction of sp³-hybridized carbons (Fsp3) is 0.190. The minimum Gasteiger partial charge on any atom is -0.350 e. The van der Waals surface area contributed by atoms with E-state index in [4.69, 9.17) is 11.6 Å². The summed E-state index contributed by atoms with van der Waals surface area (Å²) < 4.78 is 1.31. The molecule has 1 N–H and O–H groups in total. The second kappa shape index (κ2) is 8.64. The van der Waals surface area contributed by atoms with Gasteiger partial charge in [0.25, 0.3) is 5.56 Å². The van der Waals surface area contributed by atoms with Crippen molar-refractivity contribution in [1.29, 1.82) is 0 Å². The molecular formula is C21H20ClN3O2. The third kappa shape index (κ3) is 5.05. The van der Waals surface area contributed by atoms with Crippen LogP contribution in [0.15, 0.2) is 71.5 Å². The Hall–Kier alpha value is -2.92. The molecule has 1 atom stereocenters. The second-order valence-corrected chi connectivity index (χ2v) is 6.68. The molecule has 1 amide bonds. The number of halogens is 1. The summed E-state index contributed by atoms with van der Waals surface area (Å²) in [6, 6.07) is 20.0. The monoisotopic (exact) mass is 381 g/mol. The van der Waals surface area contributed by atoms with Crippen LogP contribution in [0.4, 0.5) is 0 Å². The van der Waals surface area contributed by atoms with E-state index >= 15 is 0 Å². The minimum atomic E-state index is -0.246. The molecule has 3 rings (SSSR count). The lowest BCUT2D eigenvalue weighted by molar-refractivity contribution is -0.122. The lowest BCUT2D eigenvalue weighted by Gasteiger charge is -2.14. The van der Waals surface area contributed by atoms with Gasteiger partial charge in [0.05, 0.1) is 18.3 Å². The third-order valence-corrected chi connectivity index (χ3v) is 4.45. The van der Waals surface area contributed by atoms with Crippen molar-refractivity contribution in [2.75, 3.05) is 0 Å². The van der Waals surface area contributed by atoms with E-state index < -0.39 is 0 Å². The van der Waals surface area contributed by atoms with Crippen LogP contribution in [0, 0.1) is 0 Å². The zero-order valence-corrected chi connectivity index (χ0v) is 15.7. The highest BCUT2D eigenvalue weighted by atomic mass is 35.5. The molecule has 2 aromatic carbocycles. The van der Waals surface area contributed by atoms with Gasteiger partial charge in [-0.1, -0.05) is 54.1 Å². The van der Waals surface area contributed by atoms with Crippen molar-refractivity contribution in [3.05, 3.63) is 87.7 Å². The quantitative estimate of drug-likeness (QED) is 0.705. The predicted octanol–water partition coefficient (Wildman–Crippen LogP) is 3.83. The van der Waals surface area contributed by atoms with Crippen LogP contribution in [0.5, 0.6) is 0 Å². The van der Waals surface area contributed by atoms with Gasteiger partial charge >= 0.3 is 0 Å². The molecule has 0 aliphatic heterocycles. The van der Waals surface area contributed by atoms with Gasteiger partial charge in [-0.15, -0.1) is 0 Å². The first-order valence-corrected chi connectivity index (χ1v) is 9.09. The highest BCUT2D eigenvalue weighted by Gasteiger charge is 2.10. The molecule has 0 unspecified atom stereocenters. The molecule has 5 nitrogen and oxygen atoms in total. The van der Waals surface area contributed by atoms with Crippen molar-refractivity contribution in [2.45, 2.75) is 25.9 Å². The number of rotatable bonds is 6. The number of hydrogen-bond donors (Lipinski definition) is 1. The van der Waals surface area contributed by atoms with Gasteiger partial charge in [-0.05, 0) is 30.7 Å². The maximum atomic E-state index is 12.2. The number of aryl methyl sites for hydroxylation is 1. The number of nitrogens with one attached hydrogen (secondary N) is 1. The maximum Gasteiger partial charge on any atom is 0.266 e.